The van der Waals surface area contributed by atoms with Crippen LogP contribution in [0.2, 0.25) is 0 Å². The van der Waals surface area contributed by atoms with Crippen molar-refractivity contribution in [2.45, 2.75) is 19.9 Å². The average Bonchev–Trinajstić information content (AvgIpc) is 2.89. The number of rotatable bonds is 3. The van der Waals surface area contributed by atoms with Gasteiger partial charge in [0.2, 0.25) is 4.74 Å². The fourth-order valence-electron chi connectivity index (χ4n) is 3.24. The topological polar surface area (TPSA) is 22.0 Å². The molecule has 0 spiro atoms. The lowest BCUT2D eigenvalue weighted by Gasteiger charge is -2.07. The fraction of sp³-hybridized carbons (Fsp3) is 0.150. The van der Waals surface area contributed by atoms with Crippen LogP contribution in [-0.4, -0.2) is 4.57 Å². The molecule has 0 bridgehead atoms. The lowest BCUT2D eigenvalue weighted by atomic mass is 10.1. The summed E-state index contributed by atoms with van der Waals surface area (Å²) in [7, 11) is 0. The highest BCUT2D eigenvalue weighted by Crippen LogP contribution is 2.33. The van der Waals surface area contributed by atoms with Crippen LogP contribution < -0.4 is 4.74 Å². The molecule has 2 aromatic carbocycles. The Morgan fingerprint density at radius 3 is 2.52 bits per heavy atom. The van der Waals surface area contributed by atoms with E-state index in [9.17, 15) is 4.79 Å². The molecule has 0 aliphatic carbocycles. The Hall–Kier alpha value is -2.39. The summed E-state index contributed by atoms with van der Waals surface area (Å²) in [6, 6.07) is 20.7. The Labute approximate surface area is 138 Å². The molecule has 114 valence electrons. The lowest BCUT2D eigenvalue weighted by Crippen LogP contribution is -2.01. The molecule has 0 aliphatic rings. The standard InChI is InChI=1S/C20H17NOS/c1-2-15-12-18(22)23-20-19(15)16-10-6-7-11-17(16)21(20)13-14-8-4-3-5-9-14/h3-12H,2,13H2,1H3. The van der Waals surface area contributed by atoms with Gasteiger partial charge in [-0.05, 0) is 23.6 Å². The van der Waals surface area contributed by atoms with E-state index in [0.29, 0.717) is 0 Å². The van der Waals surface area contributed by atoms with E-state index in [1.54, 1.807) is 6.07 Å². The average molecular weight is 319 g/mol. The minimum atomic E-state index is 0.131. The van der Waals surface area contributed by atoms with Gasteiger partial charge in [-0.25, -0.2) is 0 Å². The van der Waals surface area contributed by atoms with Gasteiger partial charge in [0.05, 0.1) is 5.52 Å². The first-order valence-corrected chi connectivity index (χ1v) is 8.67. The summed E-state index contributed by atoms with van der Waals surface area (Å²) in [6.45, 7) is 2.90. The van der Waals surface area contributed by atoms with Crippen LogP contribution in [0.5, 0.6) is 0 Å². The zero-order valence-corrected chi connectivity index (χ0v) is 13.8. The van der Waals surface area contributed by atoms with Gasteiger partial charge in [0.15, 0.2) is 0 Å². The molecular formula is C20H17NOS. The van der Waals surface area contributed by atoms with E-state index in [-0.39, 0.29) is 4.74 Å². The molecule has 3 heteroatoms. The van der Waals surface area contributed by atoms with Crippen LogP contribution in [-0.2, 0) is 13.0 Å². The minimum absolute atomic E-state index is 0.131. The third kappa shape index (κ3) is 2.37. The van der Waals surface area contributed by atoms with E-state index < -0.39 is 0 Å². The first-order chi connectivity index (χ1) is 11.3. The molecule has 4 rings (SSSR count). The van der Waals surface area contributed by atoms with Gasteiger partial charge in [-0.15, -0.1) is 0 Å². The molecule has 0 fully saturated rings. The third-order valence-corrected chi connectivity index (χ3v) is 5.23. The van der Waals surface area contributed by atoms with Crippen molar-refractivity contribution in [2.24, 2.45) is 0 Å². The van der Waals surface area contributed by atoms with E-state index >= 15 is 0 Å². The highest BCUT2D eigenvalue weighted by molar-refractivity contribution is 7.16. The van der Waals surface area contributed by atoms with Crippen LogP contribution >= 0.6 is 11.3 Å². The highest BCUT2D eigenvalue weighted by atomic mass is 32.1. The van der Waals surface area contributed by atoms with E-state index in [2.05, 4.69) is 60.0 Å². The van der Waals surface area contributed by atoms with Gasteiger partial charge in [-0.1, -0.05) is 66.8 Å². The maximum atomic E-state index is 12.1. The number of hydrogen-bond acceptors (Lipinski definition) is 2. The normalized spacial score (nSPS) is 11.3. The molecule has 2 nitrogen and oxygen atoms in total. The maximum Gasteiger partial charge on any atom is 0.234 e. The summed E-state index contributed by atoms with van der Waals surface area (Å²) in [5, 5.41) is 2.48. The van der Waals surface area contributed by atoms with Crippen LogP contribution in [0.1, 0.15) is 18.1 Å². The summed E-state index contributed by atoms with van der Waals surface area (Å²) in [5.74, 6) is 0. The first kappa shape index (κ1) is 14.2. The molecule has 0 unspecified atom stereocenters. The minimum Gasteiger partial charge on any atom is -0.328 e. The van der Waals surface area contributed by atoms with Crippen molar-refractivity contribution in [3.8, 4) is 0 Å². The lowest BCUT2D eigenvalue weighted by molar-refractivity contribution is 0.874. The van der Waals surface area contributed by atoms with Crippen molar-refractivity contribution in [1.29, 1.82) is 0 Å². The van der Waals surface area contributed by atoms with E-state index in [1.807, 2.05) is 6.07 Å². The molecule has 2 aromatic heterocycles. The van der Waals surface area contributed by atoms with E-state index in [1.165, 1.54) is 33.2 Å². The predicted octanol–water partition coefficient (Wildman–Crippen LogP) is 4.83. The molecule has 0 radical (unpaired) electrons. The van der Waals surface area contributed by atoms with Gasteiger partial charge in [0, 0.05) is 23.4 Å². The Bertz CT molecular complexity index is 1040. The maximum absolute atomic E-state index is 12.1. The van der Waals surface area contributed by atoms with Crippen molar-refractivity contribution < 1.29 is 0 Å². The Morgan fingerprint density at radius 2 is 1.74 bits per heavy atom. The van der Waals surface area contributed by atoms with Gasteiger partial charge in [-0.3, -0.25) is 4.79 Å². The molecule has 2 heterocycles. The zero-order chi connectivity index (χ0) is 15.8. The second-order valence-corrected chi connectivity index (χ2v) is 6.71. The molecule has 0 amide bonds. The van der Waals surface area contributed by atoms with Crippen LogP contribution in [0.15, 0.2) is 65.5 Å². The highest BCUT2D eigenvalue weighted by Gasteiger charge is 2.15. The van der Waals surface area contributed by atoms with E-state index in [0.717, 1.165) is 23.4 Å². The van der Waals surface area contributed by atoms with E-state index in [4.69, 9.17) is 0 Å². The van der Waals surface area contributed by atoms with Crippen LogP contribution in [0.25, 0.3) is 21.1 Å². The van der Waals surface area contributed by atoms with Gasteiger partial charge in [-0.2, -0.15) is 0 Å². The smallest absolute Gasteiger partial charge is 0.234 e. The van der Waals surface area contributed by atoms with Crippen LogP contribution in [0, 0.1) is 0 Å². The molecular weight excluding hydrogens is 302 g/mol. The van der Waals surface area contributed by atoms with Gasteiger partial charge < -0.3 is 4.57 Å². The van der Waals surface area contributed by atoms with Crippen molar-refractivity contribution in [1.82, 2.24) is 4.57 Å². The number of aromatic nitrogens is 1. The molecule has 0 N–H and O–H groups in total. The summed E-state index contributed by atoms with van der Waals surface area (Å²) in [5.41, 5.74) is 3.59. The van der Waals surface area contributed by atoms with Crippen LogP contribution in [0.4, 0.5) is 0 Å². The SMILES string of the molecule is CCc1cc(=O)sc2c1c1ccccc1n2Cc1ccccc1. The number of hydrogen-bond donors (Lipinski definition) is 0. The number of para-hydroxylation sites is 1. The summed E-state index contributed by atoms with van der Waals surface area (Å²) >= 11 is 1.35. The fourth-order valence-corrected chi connectivity index (χ4v) is 4.25. The largest absolute Gasteiger partial charge is 0.328 e. The van der Waals surface area contributed by atoms with Gasteiger partial charge in [0.25, 0.3) is 0 Å². The zero-order valence-electron chi connectivity index (χ0n) is 13.0. The summed E-state index contributed by atoms with van der Waals surface area (Å²) in [6.07, 6.45) is 0.874. The monoisotopic (exact) mass is 319 g/mol. The van der Waals surface area contributed by atoms with Gasteiger partial charge >= 0.3 is 0 Å². The van der Waals surface area contributed by atoms with Crippen molar-refractivity contribution in [3.63, 3.8) is 0 Å². The third-order valence-electron chi connectivity index (χ3n) is 4.30. The predicted molar refractivity (Wildman–Crippen MR) is 98.5 cm³/mol. The number of fused-ring (bicyclic) bond motifs is 3. The molecule has 4 aromatic rings. The first-order valence-electron chi connectivity index (χ1n) is 7.86. The second kappa shape index (κ2) is 5.67. The number of aryl methyl sites for hydroxylation is 1. The quantitative estimate of drug-likeness (QED) is 0.530. The van der Waals surface area contributed by atoms with Gasteiger partial charge in [0.1, 0.15) is 4.83 Å². The van der Waals surface area contributed by atoms with Crippen molar-refractivity contribution >= 4 is 32.5 Å². The molecule has 23 heavy (non-hydrogen) atoms. The van der Waals surface area contributed by atoms with Crippen molar-refractivity contribution in [3.05, 3.63) is 81.3 Å². The molecule has 0 atom stereocenters. The number of benzene rings is 2. The van der Waals surface area contributed by atoms with Crippen LogP contribution in [0.3, 0.4) is 0 Å². The molecule has 0 aliphatic heterocycles. The Morgan fingerprint density at radius 1 is 1.00 bits per heavy atom. The summed E-state index contributed by atoms with van der Waals surface area (Å²) < 4.78 is 2.41. The molecule has 0 saturated carbocycles. The Kier molecular flexibility index (Phi) is 3.50. The molecule has 0 saturated heterocycles. The second-order valence-electron chi connectivity index (χ2n) is 5.71. The number of nitrogens with zero attached hydrogens (tertiary/aromatic N) is 1. The van der Waals surface area contributed by atoms with Crippen molar-refractivity contribution in [2.75, 3.05) is 0 Å². The summed E-state index contributed by atoms with van der Waals surface area (Å²) in [4.78, 5) is 13.2. The Balaban J connectivity index is 2.08.